The van der Waals surface area contributed by atoms with Crippen LogP contribution in [0.5, 0.6) is 0 Å². The van der Waals surface area contributed by atoms with Crippen molar-refractivity contribution in [3.63, 3.8) is 0 Å². The highest BCUT2D eigenvalue weighted by atomic mass is 32.2. The van der Waals surface area contributed by atoms with Crippen LogP contribution in [-0.2, 0) is 14.6 Å². The molecule has 1 aromatic rings. The number of likely N-dealkylation sites (tertiary alicyclic amines) is 1. The molecule has 0 N–H and O–H groups in total. The second kappa shape index (κ2) is 6.38. The maximum atomic E-state index is 12.9. The summed E-state index contributed by atoms with van der Waals surface area (Å²) < 4.78 is 43.2. The summed E-state index contributed by atoms with van der Waals surface area (Å²) >= 11 is 0. The molecule has 0 saturated carbocycles. The largest absolute Gasteiger partial charge is 0.444 e. The molecule has 1 fully saturated rings. The summed E-state index contributed by atoms with van der Waals surface area (Å²) in [4.78, 5) is 20.6. The van der Waals surface area contributed by atoms with Crippen LogP contribution in [0, 0.1) is 5.82 Å². The standard InChI is InChI=1S/C14H20FN3O4S/c1-14(2,3)22-13(19)18-6-4-5-11(9-18)23(20,21)12-16-7-10(15)8-17-12/h7-8,11H,4-6,9H2,1-3H3. The zero-order valence-electron chi connectivity index (χ0n) is 13.3. The SMILES string of the molecule is CC(C)(C)OC(=O)N1CCCC(S(=O)(=O)c2ncc(F)cn2)C1. The van der Waals surface area contributed by atoms with Crippen LogP contribution < -0.4 is 0 Å². The lowest BCUT2D eigenvalue weighted by Crippen LogP contribution is -2.47. The molecule has 23 heavy (non-hydrogen) atoms. The molecule has 0 bridgehead atoms. The minimum absolute atomic E-state index is 0.0119. The molecular formula is C14H20FN3O4S. The van der Waals surface area contributed by atoms with E-state index in [2.05, 4.69) is 9.97 Å². The number of hydrogen-bond acceptors (Lipinski definition) is 6. The Morgan fingerprint density at radius 1 is 1.35 bits per heavy atom. The van der Waals surface area contributed by atoms with Gasteiger partial charge in [-0.05, 0) is 33.6 Å². The smallest absolute Gasteiger partial charge is 0.410 e. The Morgan fingerprint density at radius 2 is 1.96 bits per heavy atom. The number of carbonyl (C=O) groups is 1. The highest BCUT2D eigenvalue weighted by Gasteiger charge is 2.36. The lowest BCUT2D eigenvalue weighted by atomic mass is 10.1. The molecule has 1 aromatic heterocycles. The molecule has 1 aliphatic heterocycles. The predicted octanol–water partition coefficient (Wildman–Crippen LogP) is 1.79. The second-order valence-corrected chi connectivity index (χ2v) is 8.54. The summed E-state index contributed by atoms with van der Waals surface area (Å²) in [6, 6.07) is 0. The summed E-state index contributed by atoms with van der Waals surface area (Å²) in [6.07, 6.45) is 2.01. The van der Waals surface area contributed by atoms with E-state index in [4.69, 9.17) is 4.74 Å². The van der Waals surface area contributed by atoms with E-state index in [-0.39, 0.29) is 6.54 Å². The molecule has 1 unspecified atom stereocenters. The molecule has 128 valence electrons. The third kappa shape index (κ3) is 4.37. The van der Waals surface area contributed by atoms with Crippen LogP contribution in [-0.4, -0.2) is 53.3 Å². The van der Waals surface area contributed by atoms with E-state index in [1.54, 1.807) is 20.8 Å². The van der Waals surface area contributed by atoms with Crippen molar-refractivity contribution in [3.8, 4) is 0 Å². The zero-order chi connectivity index (χ0) is 17.3. The van der Waals surface area contributed by atoms with Gasteiger partial charge in [-0.2, -0.15) is 0 Å². The van der Waals surface area contributed by atoms with E-state index in [1.807, 2.05) is 0 Å². The van der Waals surface area contributed by atoms with Crippen LogP contribution in [0.2, 0.25) is 0 Å². The number of hydrogen-bond donors (Lipinski definition) is 0. The third-order valence-corrected chi connectivity index (χ3v) is 5.30. The van der Waals surface area contributed by atoms with Crippen molar-refractivity contribution in [3.05, 3.63) is 18.2 Å². The number of rotatable bonds is 2. The Labute approximate surface area is 134 Å². The summed E-state index contributed by atoms with van der Waals surface area (Å²) in [5, 5.41) is -1.25. The van der Waals surface area contributed by atoms with Crippen molar-refractivity contribution in [2.45, 2.75) is 49.6 Å². The molecule has 2 rings (SSSR count). The quantitative estimate of drug-likeness (QED) is 0.759. The first-order chi connectivity index (χ1) is 10.6. The fourth-order valence-corrected chi connectivity index (χ4v) is 3.83. The molecule has 0 spiro atoms. The first-order valence-corrected chi connectivity index (χ1v) is 8.83. The molecule has 0 aliphatic carbocycles. The minimum Gasteiger partial charge on any atom is -0.444 e. The van der Waals surface area contributed by atoms with E-state index in [0.717, 1.165) is 12.4 Å². The maximum Gasteiger partial charge on any atom is 0.410 e. The van der Waals surface area contributed by atoms with Crippen molar-refractivity contribution >= 4 is 15.9 Å². The van der Waals surface area contributed by atoms with Gasteiger partial charge in [-0.25, -0.2) is 27.6 Å². The van der Waals surface area contributed by atoms with Gasteiger partial charge in [0.15, 0.2) is 5.82 Å². The highest BCUT2D eigenvalue weighted by Crippen LogP contribution is 2.23. The molecular weight excluding hydrogens is 325 g/mol. The van der Waals surface area contributed by atoms with Crippen LogP contribution in [0.4, 0.5) is 9.18 Å². The summed E-state index contributed by atoms with van der Waals surface area (Å²) in [7, 11) is -3.83. The zero-order valence-corrected chi connectivity index (χ0v) is 14.1. The summed E-state index contributed by atoms with van der Waals surface area (Å²) in [6.45, 7) is 5.68. The Bertz CT molecular complexity index is 670. The molecule has 1 saturated heterocycles. The molecule has 1 aliphatic rings. The summed E-state index contributed by atoms with van der Waals surface area (Å²) in [5.41, 5.74) is -0.650. The number of aromatic nitrogens is 2. The van der Waals surface area contributed by atoms with Gasteiger partial charge in [0, 0.05) is 13.1 Å². The normalized spacial score (nSPS) is 19.5. The number of piperidine rings is 1. The lowest BCUT2D eigenvalue weighted by molar-refractivity contribution is 0.0219. The number of nitrogens with zero attached hydrogens (tertiary/aromatic N) is 3. The molecule has 9 heteroatoms. The van der Waals surface area contributed by atoms with E-state index in [1.165, 1.54) is 4.90 Å². The highest BCUT2D eigenvalue weighted by molar-refractivity contribution is 7.91. The molecule has 0 aromatic carbocycles. The number of ether oxygens (including phenoxy) is 1. The van der Waals surface area contributed by atoms with Gasteiger partial charge in [0.2, 0.25) is 15.0 Å². The van der Waals surface area contributed by atoms with Crippen molar-refractivity contribution in [2.75, 3.05) is 13.1 Å². The van der Waals surface area contributed by atoms with Crippen molar-refractivity contribution in [1.29, 1.82) is 0 Å². The number of sulfone groups is 1. The monoisotopic (exact) mass is 345 g/mol. The predicted molar refractivity (Wildman–Crippen MR) is 80.0 cm³/mol. The summed E-state index contributed by atoms with van der Waals surface area (Å²) in [5.74, 6) is -0.706. The first kappa shape index (κ1) is 17.6. The van der Waals surface area contributed by atoms with Gasteiger partial charge in [0.05, 0.1) is 17.6 Å². The van der Waals surface area contributed by atoms with Gasteiger partial charge in [-0.3, -0.25) is 0 Å². The minimum atomic E-state index is -3.83. The number of halogens is 1. The average molecular weight is 345 g/mol. The van der Waals surface area contributed by atoms with Crippen molar-refractivity contribution in [1.82, 2.24) is 14.9 Å². The van der Waals surface area contributed by atoms with Gasteiger partial charge in [-0.1, -0.05) is 0 Å². The third-order valence-electron chi connectivity index (χ3n) is 3.32. The van der Waals surface area contributed by atoms with Crippen LogP contribution in [0.15, 0.2) is 17.6 Å². The molecule has 0 radical (unpaired) electrons. The topological polar surface area (TPSA) is 89.5 Å². The average Bonchev–Trinajstić information content (AvgIpc) is 2.46. The fourth-order valence-electron chi connectivity index (χ4n) is 2.28. The van der Waals surface area contributed by atoms with E-state index in [0.29, 0.717) is 19.4 Å². The van der Waals surface area contributed by atoms with Crippen LogP contribution in [0.3, 0.4) is 0 Å². The Hall–Kier alpha value is -1.77. The molecule has 2 heterocycles. The Balaban J connectivity index is 2.14. The van der Waals surface area contributed by atoms with Gasteiger partial charge >= 0.3 is 6.09 Å². The second-order valence-electron chi connectivity index (χ2n) is 6.42. The molecule has 1 atom stereocenters. The molecule has 1 amide bonds. The van der Waals surface area contributed by atoms with Crippen LogP contribution in [0.1, 0.15) is 33.6 Å². The Morgan fingerprint density at radius 3 is 2.52 bits per heavy atom. The number of carbonyl (C=O) groups excluding carboxylic acids is 1. The first-order valence-electron chi connectivity index (χ1n) is 7.29. The van der Waals surface area contributed by atoms with Crippen LogP contribution >= 0.6 is 0 Å². The molecule has 7 nitrogen and oxygen atoms in total. The van der Waals surface area contributed by atoms with Crippen molar-refractivity contribution in [2.24, 2.45) is 0 Å². The van der Waals surface area contributed by atoms with E-state index >= 15 is 0 Å². The Kier molecular flexibility index (Phi) is 4.88. The number of amides is 1. The fraction of sp³-hybridized carbons (Fsp3) is 0.643. The lowest BCUT2D eigenvalue weighted by Gasteiger charge is -2.33. The van der Waals surface area contributed by atoms with Gasteiger partial charge in [0.25, 0.3) is 0 Å². The van der Waals surface area contributed by atoms with Gasteiger partial charge in [-0.15, -0.1) is 0 Å². The van der Waals surface area contributed by atoms with Gasteiger partial charge < -0.3 is 9.64 Å². The van der Waals surface area contributed by atoms with Crippen LogP contribution in [0.25, 0.3) is 0 Å². The van der Waals surface area contributed by atoms with E-state index in [9.17, 15) is 17.6 Å². The maximum absolute atomic E-state index is 12.9. The van der Waals surface area contributed by atoms with Gasteiger partial charge in [0.1, 0.15) is 5.60 Å². The van der Waals surface area contributed by atoms with Crippen molar-refractivity contribution < 1.29 is 22.3 Å². The van der Waals surface area contributed by atoms with E-state index < -0.39 is 37.8 Å².